The van der Waals surface area contributed by atoms with Gasteiger partial charge in [-0.1, -0.05) is 45.3 Å². The fourth-order valence-corrected chi connectivity index (χ4v) is 1.26. The van der Waals surface area contributed by atoms with E-state index in [1.165, 1.54) is 25.7 Å². The summed E-state index contributed by atoms with van der Waals surface area (Å²) in [4.78, 5) is 0. The third-order valence-electron chi connectivity index (χ3n) is 2.12. The Morgan fingerprint density at radius 3 is 2.36 bits per heavy atom. The smallest absolute Gasteiger partial charge is 0.0123 e. The maximum atomic E-state index is 3.24. The van der Waals surface area contributed by atoms with Crippen LogP contribution in [0.15, 0.2) is 12.2 Å². The minimum Gasteiger partial charge on any atom is -0.103 e. The summed E-state index contributed by atoms with van der Waals surface area (Å²) in [5.41, 5.74) is 0. The molecule has 0 unspecified atom stereocenters. The highest BCUT2D eigenvalue weighted by atomic mass is 13.9. The van der Waals surface area contributed by atoms with Gasteiger partial charge in [-0.3, -0.25) is 0 Å². The van der Waals surface area contributed by atoms with Gasteiger partial charge in [-0.25, -0.2) is 0 Å². The zero-order chi connectivity index (χ0) is 10.5. The van der Waals surface area contributed by atoms with E-state index in [1.807, 2.05) is 0 Å². The maximum Gasteiger partial charge on any atom is 0.0123 e. The first-order valence-electron chi connectivity index (χ1n) is 6.02. The number of hydrogen-bond donors (Lipinski definition) is 0. The summed E-state index contributed by atoms with van der Waals surface area (Å²) >= 11 is 0. The van der Waals surface area contributed by atoms with Crippen molar-refractivity contribution in [2.75, 3.05) is 0 Å². The molecule has 0 aliphatic rings. The third-order valence-corrected chi connectivity index (χ3v) is 2.12. The van der Waals surface area contributed by atoms with Crippen LogP contribution in [0, 0.1) is 11.8 Å². The summed E-state index contributed by atoms with van der Waals surface area (Å²) in [6.45, 7) is 4.40. The molecule has 0 saturated carbocycles. The van der Waals surface area contributed by atoms with Crippen molar-refractivity contribution in [3.8, 4) is 11.8 Å². The Labute approximate surface area is 89.8 Å². The van der Waals surface area contributed by atoms with Crippen LogP contribution in [-0.4, -0.2) is 0 Å². The van der Waals surface area contributed by atoms with Crippen LogP contribution in [0.2, 0.25) is 0 Å². The molecule has 0 aromatic heterocycles. The molecule has 0 aliphatic carbocycles. The maximum absolute atomic E-state index is 3.24. The van der Waals surface area contributed by atoms with E-state index in [0.29, 0.717) is 0 Å². The van der Waals surface area contributed by atoms with Gasteiger partial charge in [-0.15, -0.1) is 11.8 Å². The fraction of sp³-hybridized carbons (Fsp3) is 0.714. The summed E-state index contributed by atoms with van der Waals surface area (Å²) in [5, 5.41) is 0. The van der Waals surface area contributed by atoms with Gasteiger partial charge in [0, 0.05) is 12.8 Å². The van der Waals surface area contributed by atoms with Crippen LogP contribution >= 0.6 is 0 Å². The van der Waals surface area contributed by atoms with Crippen molar-refractivity contribution in [3.05, 3.63) is 12.2 Å². The van der Waals surface area contributed by atoms with E-state index in [-0.39, 0.29) is 0 Å². The molecule has 0 aromatic carbocycles. The van der Waals surface area contributed by atoms with Gasteiger partial charge in [-0.05, 0) is 19.3 Å². The Morgan fingerprint density at radius 1 is 0.857 bits per heavy atom. The highest BCUT2D eigenvalue weighted by Gasteiger charge is 1.83. The van der Waals surface area contributed by atoms with E-state index in [0.717, 1.165) is 25.7 Å². The van der Waals surface area contributed by atoms with Gasteiger partial charge in [0.1, 0.15) is 0 Å². The highest BCUT2D eigenvalue weighted by Crippen LogP contribution is 2.01. The topological polar surface area (TPSA) is 0 Å². The molecule has 0 heterocycles. The molecule has 0 saturated heterocycles. The quantitative estimate of drug-likeness (QED) is 0.311. The van der Waals surface area contributed by atoms with Crippen LogP contribution in [0.4, 0.5) is 0 Å². The van der Waals surface area contributed by atoms with Gasteiger partial charge in [0.05, 0.1) is 0 Å². The van der Waals surface area contributed by atoms with Gasteiger partial charge < -0.3 is 0 Å². The summed E-state index contributed by atoms with van der Waals surface area (Å²) in [7, 11) is 0. The molecule has 0 rings (SSSR count). The average Bonchev–Trinajstić information content (AvgIpc) is 2.21. The lowest BCUT2D eigenvalue weighted by atomic mass is 10.1. The Balaban J connectivity index is 3.14. The standard InChI is InChI=1S/C14H24/c1-3-5-7-9-11-13-14-12-10-8-6-4-2/h5,7H,3-4,6,8-12H2,1-2H3. The van der Waals surface area contributed by atoms with E-state index >= 15 is 0 Å². The first-order chi connectivity index (χ1) is 6.91. The zero-order valence-corrected chi connectivity index (χ0v) is 9.81. The predicted molar refractivity (Wildman–Crippen MR) is 65.2 cm³/mol. The number of rotatable bonds is 7. The van der Waals surface area contributed by atoms with Gasteiger partial charge in [0.2, 0.25) is 0 Å². The van der Waals surface area contributed by atoms with Crippen LogP contribution in [0.1, 0.15) is 65.2 Å². The van der Waals surface area contributed by atoms with E-state index in [1.54, 1.807) is 0 Å². The molecule has 80 valence electrons. The SMILES string of the molecule is CCC=CCCC#CCCCCCC. The first kappa shape index (κ1) is 13.3. The van der Waals surface area contributed by atoms with Crippen molar-refractivity contribution in [1.82, 2.24) is 0 Å². The minimum absolute atomic E-state index is 1.03. The Morgan fingerprint density at radius 2 is 1.64 bits per heavy atom. The molecular weight excluding hydrogens is 168 g/mol. The van der Waals surface area contributed by atoms with Crippen LogP contribution in [0.25, 0.3) is 0 Å². The number of unbranched alkanes of at least 4 members (excludes halogenated alkanes) is 5. The second kappa shape index (κ2) is 12.3. The molecule has 0 nitrogen and oxygen atoms in total. The molecule has 0 N–H and O–H groups in total. The molecule has 0 spiro atoms. The van der Waals surface area contributed by atoms with Crippen molar-refractivity contribution < 1.29 is 0 Å². The Kier molecular flexibility index (Phi) is 11.7. The average molecular weight is 192 g/mol. The lowest BCUT2D eigenvalue weighted by Crippen LogP contribution is -1.74. The zero-order valence-electron chi connectivity index (χ0n) is 9.81. The van der Waals surface area contributed by atoms with Crippen LogP contribution in [-0.2, 0) is 0 Å². The summed E-state index contributed by atoms with van der Waals surface area (Å²) in [5.74, 6) is 6.46. The normalized spacial score (nSPS) is 10.1. The van der Waals surface area contributed by atoms with Gasteiger partial charge in [0.15, 0.2) is 0 Å². The lowest BCUT2D eigenvalue weighted by Gasteiger charge is -1.91. The van der Waals surface area contributed by atoms with Crippen molar-refractivity contribution in [3.63, 3.8) is 0 Å². The molecule has 0 aromatic rings. The molecule has 0 aliphatic heterocycles. The molecule has 0 fully saturated rings. The molecule has 0 amide bonds. The highest BCUT2D eigenvalue weighted by molar-refractivity contribution is 5.00. The predicted octanol–water partition coefficient (Wildman–Crippen LogP) is 4.71. The van der Waals surface area contributed by atoms with Gasteiger partial charge >= 0.3 is 0 Å². The van der Waals surface area contributed by atoms with Crippen molar-refractivity contribution in [2.45, 2.75) is 65.2 Å². The van der Waals surface area contributed by atoms with E-state index in [4.69, 9.17) is 0 Å². The monoisotopic (exact) mass is 192 g/mol. The van der Waals surface area contributed by atoms with Crippen molar-refractivity contribution in [1.29, 1.82) is 0 Å². The first-order valence-corrected chi connectivity index (χ1v) is 6.02. The minimum atomic E-state index is 1.03. The Hall–Kier alpha value is -0.700. The van der Waals surface area contributed by atoms with Gasteiger partial charge in [0.25, 0.3) is 0 Å². The summed E-state index contributed by atoms with van der Waals surface area (Å²) in [6.07, 6.45) is 14.1. The number of allylic oxidation sites excluding steroid dienone is 2. The molecule has 0 radical (unpaired) electrons. The molecule has 14 heavy (non-hydrogen) atoms. The van der Waals surface area contributed by atoms with E-state index in [2.05, 4.69) is 37.8 Å². The van der Waals surface area contributed by atoms with E-state index in [9.17, 15) is 0 Å². The van der Waals surface area contributed by atoms with E-state index < -0.39 is 0 Å². The number of hydrogen-bond acceptors (Lipinski definition) is 0. The summed E-state index contributed by atoms with van der Waals surface area (Å²) < 4.78 is 0. The molecule has 0 bridgehead atoms. The second-order valence-electron chi connectivity index (χ2n) is 3.58. The van der Waals surface area contributed by atoms with Crippen molar-refractivity contribution in [2.24, 2.45) is 0 Å². The lowest BCUT2D eigenvalue weighted by molar-refractivity contribution is 0.679. The van der Waals surface area contributed by atoms with Gasteiger partial charge in [-0.2, -0.15) is 0 Å². The largest absolute Gasteiger partial charge is 0.103 e. The second-order valence-corrected chi connectivity index (χ2v) is 3.58. The summed E-state index contributed by atoms with van der Waals surface area (Å²) in [6, 6.07) is 0. The molecular formula is C14H24. The molecule has 0 heteroatoms. The third kappa shape index (κ3) is 11.3. The van der Waals surface area contributed by atoms with Crippen LogP contribution < -0.4 is 0 Å². The Bertz CT molecular complexity index is 178. The van der Waals surface area contributed by atoms with Crippen molar-refractivity contribution >= 4 is 0 Å². The molecule has 0 atom stereocenters. The fourth-order valence-electron chi connectivity index (χ4n) is 1.26. The van der Waals surface area contributed by atoms with Crippen LogP contribution in [0.5, 0.6) is 0 Å². The van der Waals surface area contributed by atoms with Crippen LogP contribution in [0.3, 0.4) is 0 Å².